The first kappa shape index (κ1) is 16.8. The van der Waals surface area contributed by atoms with Crippen LogP contribution in [-0.2, 0) is 10.0 Å². The summed E-state index contributed by atoms with van der Waals surface area (Å²) in [5.41, 5.74) is 0.807. The Morgan fingerprint density at radius 3 is 2.41 bits per heavy atom. The van der Waals surface area contributed by atoms with Gasteiger partial charge in [0.2, 0.25) is 0 Å². The van der Waals surface area contributed by atoms with Crippen molar-refractivity contribution in [3.8, 4) is 6.01 Å². The fourth-order valence-electron chi connectivity index (χ4n) is 1.62. The highest BCUT2D eigenvalue weighted by Crippen LogP contribution is 2.29. The number of aryl methyl sites for hydroxylation is 1. The number of hydrogen-bond acceptors (Lipinski definition) is 5. The van der Waals surface area contributed by atoms with E-state index in [-0.39, 0.29) is 21.6 Å². The minimum Gasteiger partial charge on any atom is -0.464 e. The maximum atomic E-state index is 12.4. The van der Waals surface area contributed by atoms with E-state index in [1.165, 1.54) is 24.5 Å². The monoisotopic (exact) mass is 361 g/mol. The largest absolute Gasteiger partial charge is 0.464 e. The normalized spacial score (nSPS) is 11.3. The summed E-state index contributed by atoms with van der Waals surface area (Å²) in [5.74, 6) is 0. The smallest absolute Gasteiger partial charge is 0.316 e. The molecule has 22 heavy (non-hydrogen) atoms. The number of rotatable bonds is 5. The molecular formula is C13H13Cl2N3O3S. The fourth-order valence-corrected chi connectivity index (χ4v) is 3.48. The summed E-state index contributed by atoms with van der Waals surface area (Å²) >= 11 is 11.9. The molecular weight excluding hydrogens is 349 g/mol. The van der Waals surface area contributed by atoms with E-state index >= 15 is 0 Å². The van der Waals surface area contributed by atoms with Crippen molar-refractivity contribution in [3.63, 3.8) is 0 Å². The average molecular weight is 362 g/mol. The van der Waals surface area contributed by atoms with Crippen molar-refractivity contribution in [1.29, 1.82) is 0 Å². The summed E-state index contributed by atoms with van der Waals surface area (Å²) < 4.78 is 32.2. The molecule has 0 unspecified atom stereocenters. The predicted octanol–water partition coefficient (Wildman–Crippen LogP) is 3.29. The van der Waals surface area contributed by atoms with Gasteiger partial charge in [-0.3, -0.25) is 4.72 Å². The molecule has 0 amide bonds. The van der Waals surface area contributed by atoms with Gasteiger partial charge in [0.15, 0.2) is 0 Å². The molecule has 0 saturated carbocycles. The van der Waals surface area contributed by atoms with Gasteiger partial charge in [-0.1, -0.05) is 23.2 Å². The number of halogens is 2. The second-order valence-electron chi connectivity index (χ2n) is 4.32. The molecule has 0 saturated heterocycles. The molecule has 9 heteroatoms. The van der Waals surface area contributed by atoms with E-state index in [0.29, 0.717) is 17.2 Å². The highest BCUT2D eigenvalue weighted by Gasteiger charge is 2.20. The van der Waals surface area contributed by atoms with Gasteiger partial charge in [0.1, 0.15) is 4.90 Å². The lowest BCUT2D eigenvalue weighted by Gasteiger charge is -2.11. The number of hydrogen-bond donors (Lipinski definition) is 1. The third-order valence-electron chi connectivity index (χ3n) is 2.66. The standard InChI is InChI=1S/C13H13Cl2N3O3S/c1-3-21-13-16-6-9(7-17-13)18-22(19,20)12-4-8(2)10(14)5-11(12)15/h4-7,18H,3H2,1-2H3. The highest BCUT2D eigenvalue weighted by atomic mass is 35.5. The predicted molar refractivity (Wildman–Crippen MR) is 85.2 cm³/mol. The van der Waals surface area contributed by atoms with E-state index in [1.807, 2.05) is 0 Å². The second kappa shape index (κ2) is 6.68. The molecule has 1 aromatic heterocycles. The summed E-state index contributed by atoms with van der Waals surface area (Å²) in [6.45, 7) is 3.91. The van der Waals surface area contributed by atoms with Crippen molar-refractivity contribution < 1.29 is 13.2 Å². The number of aromatic nitrogens is 2. The maximum absolute atomic E-state index is 12.4. The minimum absolute atomic E-state index is 0.0370. The minimum atomic E-state index is -3.87. The number of ether oxygens (including phenoxy) is 1. The average Bonchev–Trinajstić information content (AvgIpc) is 2.45. The Labute approximate surface area is 138 Å². The summed E-state index contributed by atoms with van der Waals surface area (Å²) in [4.78, 5) is 7.71. The van der Waals surface area contributed by atoms with Crippen molar-refractivity contribution in [3.05, 3.63) is 40.1 Å². The van der Waals surface area contributed by atoms with E-state index in [0.717, 1.165) is 0 Å². The van der Waals surface area contributed by atoms with Crippen molar-refractivity contribution in [2.45, 2.75) is 18.7 Å². The quantitative estimate of drug-likeness (QED) is 0.883. The maximum Gasteiger partial charge on any atom is 0.316 e. The lowest BCUT2D eigenvalue weighted by molar-refractivity contribution is 0.312. The van der Waals surface area contributed by atoms with Crippen molar-refractivity contribution in [1.82, 2.24) is 9.97 Å². The molecule has 0 atom stereocenters. The van der Waals surface area contributed by atoms with Crippen LogP contribution in [0.5, 0.6) is 6.01 Å². The summed E-state index contributed by atoms with van der Waals surface area (Å²) in [7, 11) is -3.87. The first-order chi connectivity index (χ1) is 10.3. The van der Waals surface area contributed by atoms with E-state index in [1.54, 1.807) is 13.8 Å². The molecule has 0 radical (unpaired) electrons. The van der Waals surface area contributed by atoms with Gasteiger partial charge < -0.3 is 4.74 Å². The van der Waals surface area contributed by atoms with Crippen LogP contribution < -0.4 is 9.46 Å². The summed E-state index contributed by atoms with van der Waals surface area (Å²) in [6, 6.07) is 2.97. The molecule has 1 heterocycles. The molecule has 118 valence electrons. The molecule has 0 aliphatic heterocycles. The van der Waals surface area contributed by atoms with Gasteiger partial charge in [-0.2, -0.15) is 0 Å². The van der Waals surface area contributed by atoms with Crippen molar-refractivity contribution in [2.24, 2.45) is 0 Å². The van der Waals surface area contributed by atoms with E-state index < -0.39 is 10.0 Å². The van der Waals surface area contributed by atoms with Crippen LogP contribution in [-0.4, -0.2) is 25.0 Å². The van der Waals surface area contributed by atoms with Crippen molar-refractivity contribution in [2.75, 3.05) is 11.3 Å². The Kier molecular flexibility index (Phi) is 5.10. The third kappa shape index (κ3) is 3.79. The van der Waals surface area contributed by atoms with E-state index in [2.05, 4.69) is 14.7 Å². The van der Waals surface area contributed by atoms with Crippen LogP contribution in [0.1, 0.15) is 12.5 Å². The van der Waals surface area contributed by atoms with Crippen LogP contribution >= 0.6 is 23.2 Å². The zero-order chi connectivity index (χ0) is 16.3. The lowest BCUT2D eigenvalue weighted by Crippen LogP contribution is -2.14. The van der Waals surface area contributed by atoms with Gasteiger partial charge in [-0.25, -0.2) is 18.4 Å². The Bertz CT molecular complexity index is 780. The van der Waals surface area contributed by atoms with Gasteiger partial charge >= 0.3 is 6.01 Å². The van der Waals surface area contributed by atoms with E-state index in [4.69, 9.17) is 27.9 Å². The number of nitrogens with zero attached hydrogens (tertiary/aromatic N) is 2. The fraction of sp³-hybridized carbons (Fsp3) is 0.231. The molecule has 6 nitrogen and oxygen atoms in total. The molecule has 0 aliphatic carbocycles. The highest BCUT2D eigenvalue weighted by molar-refractivity contribution is 7.92. The first-order valence-corrected chi connectivity index (χ1v) is 8.50. The molecule has 0 fully saturated rings. The van der Waals surface area contributed by atoms with Gasteiger partial charge in [-0.15, -0.1) is 0 Å². The topological polar surface area (TPSA) is 81.2 Å². The first-order valence-electron chi connectivity index (χ1n) is 6.27. The Morgan fingerprint density at radius 1 is 1.18 bits per heavy atom. The van der Waals surface area contributed by atoms with E-state index in [9.17, 15) is 8.42 Å². The molecule has 2 rings (SSSR count). The zero-order valence-corrected chi connectivity index (χ0v) is 14.1. The molecule has 0 bridgehead atoms. The van der Waals surface area contributed by atoms with Crippen LogP contribution in [0.3, 0.4) is 0 Å². The van der Waals surface area contributed by atoms with Crippen LogP contribution in [0.15, 0.2) is 29.4 Å². The zero-order valence-electron chi connectivity index (χ0n) is 11.8. The number of sulfonamides is 1. The second-order valence-corrected chi connectivity index (χ2v) is 6.79. The van der Waals surface area contributed by atoms with Crippen LogP contribution in [0.2, 0.25) is 10.0 Å². The van der Waals surface area contributed by atoms with Gasteiger partial charge in [0, 0.05) is 5.02 Å². The van der Waals surface area contributed by atoms with Crippen LogP contribution in [0.25, 0.3) is 0 Å². The Morgan fingerprint density at radius 2 is 1.82 bits per heavy atom. The SMILES string of the molecule is CCOc1ncc(NS(=O)(=O)c2cc(C)c(Cl)cc2Cl)cn1. The lowest BCUT2D eigenvalue weighted by atomic mass is 10.2. The molecule has 1 aromatic carbocycles. The molecule has 0 aliphatic rings. The molecule has 1 N–H and O–H groups in total. The Balaban J connectivity index is 2.29. The number of benzene rings is 1. The number of anilines is 1. The third-order valence-corrected chi connectivity index (χ3v) is 4.91. The molecule has 0 spiro atoms. The summed E-state index contributed by atoms with van der Waals surface area (Å²) in [5, 5.41) is 0.434. The van der Waals surface area contributed by atoms with Crippen LogP contribution in [0.4, 0.5) is 5.69 Å². The van der Waals surface area contributed by atoms with Gasteiger partial charge in [-0.05, 0) is 31.5 Å². The number of nitrogens with one attached hydrogen (secondary N) is 1. The van der Waals surface area contributed by atoms with Crippen LogP contribution in [0, 0.1) is 6.92 Å². The van der Waals surface area contributed by atoms with Crippen molar-refractivity contribution >= 4 is 38.9 Å². The van der Waals surface area contributed by atoms with Gasteiger partial charge in [0.25, 0.3) is 10.0 Å². The summed E-state index contributed by atoms with van der Waals surface area (Å²) in [6.07, 6.45) is 2.62. The van der Waals surface area contributed by atoms with Gasteiger partial charge in [0.05, 0.1) is 29.7 Å². The molecule has 2 aromatic rings. The Hall–Kier alpha value is -1.57.